The lowest BCUT2D eigenvalue weighted by atomic mass is 10.2. The van der Waals surface area contributed by atoms with Crippen molar-refractivity contribution in [2.24, 2.45) is 0 Å². The Bertz CT molecular complexity index is 826. The third-order valence-electron chi connectivity index (χ3n) is 3.55. The van der Waals surface area contributed by atoms with Gasteiger partial charge in [0.15, 0.2) is 5.65 Å². The zero-order valence-electron chi connectivity index (χ0n) is 12.6. The van der Waals surface area contributed by atoms with Crippen molar-refractivity contribution in [1.82, 2.24) is 14.6 Å². The van der Waals surface area contributed by atoms with Gasteiger partial charge in [-0.2, -0.15) is 5.10 Å². The van der Waals surface area contributed by atoms with Crippen LogP contribution in [0.4, 0.5) is 5.69 Å². The summed E-state index contributed by atoms with van der Waals surface area (Å²) in [6, 6.07) is 9.69. The maximum Gasteiger partial charge on any atom is 0.263 e. The van der Waals surface area contributed by atoms with Gasteiger partial charge in [0.2, 0.25) is 0 Å². The summed E-state index contributed by atoms with van der Waals surface area (Å²) in [7, 11) is 1.77. The van der Waals surface area contributed by atoms with Gasteiger partial charge in [-0.3, -0.25) is 4.79 Å². The number of hydrogen-bond donors (Lipinski definition) is 0. The Morgan fingerprint density at radius 2 is 2.00 bits per heavy atom. The Kier molecular flexibility index (Phi) is 3.85. The highest BCUT2D eigenvalue weighted by molar-refractivity contribution is 7.98. The Hall–Kier alpha value is -2.34. The van der Waals surface area contributed by atoms with Crippen LogP contribution in [0.1, 0.15) is 16.1 Å². The molecule has 0 radical (unpaired) electrons. The van der Waals surface area contributed by atoms with E-state index in [9.17, 15) is 4.79 Å². The van der Waals surface area contributed by atoms with Gasteiger partial charge in [0.25, 0.3) is 5.91 Å². The number of anilines is 1. The summed E-state index contributed by atoms with van der Waals surface area (Å²) in [5.41, 5.74) is 2.64. The lowest BCUT2D eigenvalue weighted by molar-refractivity contribution is 0.0994. The molecule has 2 heterocycles. The van der Waals surface area contributed by atoms with Gasteiger partial charge in [0, 0.05) is 30.0 Å². The Balaban J connectivity index is 1.99. The molecule has 22 heavy (non-hydrogen) atoms. The van der Waals surface area contributed by atoms with Crippen LogP contribution in [0.2, 0.25) is 0 Å². The van der Waals surface area contributed by atoms with Crippen molar-refractivity contribution in [3.8, 4) is 0 Å². The van der Waals surface area contributed by atoms with Crippen molar-refractivity contribution in [3.05, 3.63) is 54.0 Å². The molecule has 5 nitrogen and oxygen atoms in total. The molecule has 0 unspecified atom stereocenters. The molecule has 1 aromatic carbocycles. The first-order valence-corrected chi connectivity index (χ1v) is 8.06. The summed E-state index contributed by atoms with van der Waals surface area (Å²) < 4.78 is 1.63. The number of fused-ring (bicyclic) bond motifs is 1. The van der Waals surface area contributed by atoms with Gasteiger partial charge in [-0.1, -0.05) is 0 Å². The average molecular weight is 312 g/mol. The molecule has 0 bridgehead atoms. The molecule has 1 amide bonds. The number of thioether (sulfide) groups is 1. The van der Waals surface area contributed by atoms with E-state index in [4.69, 9.17) is 0 Å². The van der Waals surface area contributed by atoms with Crippen LogP contribution in [0.15, 0.2) is 47.6 Å². The predicted molar refractivity (Wildman–Crippen MR) is 88.7 cm³/mol. The molecule has 3 rings (SSSR count). The molecule has 0 fully saturated rings. The van der Waals surface area contributed by atoms with Crippen LogP contribution >= 0.6 is 11.8 Å². The Morgan fingerprint density at radius 3 is 2.68 bits per heavy atom. The molecule has 3 aromatic rings. The van der Waals surface area contributed by atoms with E-state index >= 15 is 0 Å². The number of aryl methyl sites for hydroxylation is 1. The number of carbonyl (C=O) groups is 1. The van der Waals surface area contributed by atoms with Gasteiger partial charge in [-0.25, -0.2) is 9.50 Å². The first-order valence-electron chi connectivity index (χ1n) is 6.84. The number of aromatic nitrogens is 3. The third-order valence-corrected chi connectivity index (χ3v) is 4.29. The largest absolute Gasteiger partial charge is 0.311 e. The lowest BCUT2D eigenvalue weighted by Gasteiger charge is -2.17. The first-order chi connectivity index (χ1) is 10.6. The summed E-state index contributed by atoms with van der Waals surface area (Å²) >= 11 is 1.67. The van der Waals surface area contributed by atoms with E-state index in [1.807, 2.05) is 37.4 Å². The van der Waals surface area contributed by atoms with Gasteiger partial charge >= 0.3 is 0 Å². The van der Waals surface area contributed by atoms with E-state index in [2.05, 4.69) is 10.1 Å². The van der Waals surface area contributed by atoms with Gasteiger partial charge in [0.05, 0.1) is 5.69 Å². The summed E-state index contributed by atoms with van der Waals surface area (Å²) in [6.07, 6.45) is 5.48. The molecule has 0 aliphatic rings. The molecular formula is C16H16N4OS. The topological polar surface area (TPSA) is 50.5 Å². The number of benzene rings is 1. The SMILES string of the molecule is CSc1ccc(N(C)C(=O)c2c(C)nn3cccnc23)cc1. The third kappa shape index (κ3) is 2.46. The molecular weight excluding hydrogens is 296 g/mol. The highest BCUT2D eigenvalue weighted by Gasteiger charge is 2.22. The Labute approximate surface area is 133 Å². The van der Waals surface area contributed by atoms with Crippen molar-refractivity contribution >= 4 is 29.0 Å². The van der Waals surface area contributed by atoms with Crippen LogP contribution in [0.3, 0.4) is 0 Å². The highest BCUT2D eigenvalue weighted by Crippen LogP contribution is 2.22. The van der Waals surface area contributed by atoms with E-state index in [0.29, 0.717) is 16.9 Å². The minimum absolute atomic E-state index is 0.108. The number of hydrogen-bond acceptors (Lipinski definition) is 4. The fourth-order valence-corrected chi connectivity index (χ4v) is 2.75. The Morgan fingerprint density at radius 1 is 1.27 bits per heavy atom. The molecule has 0 saturated carbocycles. The van der Waals surface area contributed by atoms with E-state index in [0.717, 1.165) is 5.69 Å². The van der Waals surface area contributed by atoms with Crippen LogP contribution in [-0.4, -0.2) is 33.8 Å². The van der Waals surface area contributed by atoms with Gasteiger partial charge in [-0.15, -0.1) is 11.8 Å². The maximum atomic E-state index is 12.8. The molecule has 0 spiro atoms. The average Bonchev–Trinajstić information content (AvgIpc) is 2.89. The summed E-state index contributed by atoms with van der Waals surface area (Å²) in [4.78, 5) is 19.9. The van der Waals surface area contributed by atoms with Crippen LogP contribution in [-0.2, 0) is 0 Å². The first kappa shape index (κ1) is 14.6. The summed E-state index contributed by atoms with van der Waals surface area (Å²) in [5, 5.41) is 4.34. The second-order valence-corrected chi connectivity index (χ2v) is 5.79. The van der Waals surface area contributed by atoms with E-state index in [1.165, 1.54) is 4.90 Å². The quantitative estimate of drug-likeness (QED) is 0.698. The minimum atomic E-state index is -0.108. The van der Waals surface area contributed by atoms with Crippen LogP contribution in [0.25, 0.3) is 5.65 Å². The second-order valence-electron chi connectivity index (χ2n) is 4.91. The smallest absolute Gasteiger partial charge is 0.263 e. The van der Waals surface area contributed by atoms with Crippen molar-refractivity contribution < 1.29 is 4.79 Å². The molecule has 0 N–H and O–H groups in total. The monoisotopic (exact) mass is 312 g/mol. The standard InChI is InChI=1S/C16H16N4OS/c1-11-14(15-17-9-4-10-20(15)18-11)16(21)19(2)12-5-7-13(22-3)8-6-12/h4-10H,1-3H3. The minimum Gasteiger partial charge on any atom is -0.311 e. The normalized spacial score (nSPS) is 10.9. The van der Waals surface area contributed by atoms with Gasteiger partial charge in [-0.05, 0) is 43.5 Å². The van der Waals surface area contributed by atoms with E-state index < -0.39 is 0 Å². The van der Waals surface area contributed by atoms with E-state index in [1.54, 1.807) is 46.7 Å². The van der Waals surface area contributed by atoms with Crippen molar-refractivity contribution in [2.75, 3.05) is 18.2 Å². The number of nitrogens with zero attached hydrogens (tertiary/aromatic N) is 4. The summed E-state index contributed by atoms with van der Waals surface area (Å²) in [5.74, 6) is -0.108. The predicted octanol–water partition coefficient (Wildman–Crippen LogP) is 3.04. The molecule has 0 aliphatic carbocycles. The fraction of sp³-hybridized carbons (Fsp3) is 0.188. The zero-order valence-corrected chi connectivity index (χ0v) is 13.5. The van der Waals surface area contributed by atoms with Crippen molar-refractivity contribution in [1.29, 1.82) is 0 Å². The second kappa shape index (κ2) is 5.81. The maximum absolute atomic E-state index is 12.8. The number of carbonyl (C=O) groups excluding carboxylic acids is 1. The highest BCUT2D eigenvalue weighted by atomic mass is 32.2. The van der Waals surface area contributed by atoms with Gasteiger partial charge < -0.3 is 4.90 Å². The summed E-state index contributed by atoms with van der Waals surface area (Å²) in [6.45, 7) is 1.83. The molecule has 0 aliphatic heterocycles. The van der Waals surface area contributed by atoms with Crippen molar-refractivity contribution in [2.45, 2.75) is 11.8 Å². The van der Waals surface area contributed by atoms with Crippen LogP contribution in [0, 0.1) is 6.92 Å². The van der Waals surface area contributed by atoms with Gasteiger partial charge in [0.1, 0.15) is 5.56 Å². The number of rotatable bonds is 3. The van der Waals surface area contributed by atoms with Crippen LogP contribution in [0.5, 0.6) is 0 Å². The molecule has 6 heteroatoms. The fourth-order valence-electron chi connectivity index (χ4n) is 2.34. The molecule has 0 atom stereocenters. The van der Waals surface area contributed by atoms with Crippen molar-refractivity contribution in [3.63, 3.8) is 0 Å². The molecule has 2 aromatic heterocycles. The molecule has 112 valence electrons. The molecule has 0 saturated heterocycles. The zero-order chi connectivity index (χ0) is 15.7. The van der Waals surface area contributed by atoms with Crippen LogP contribution < -0.4 is 4.90 Å². The number of amides is 1. The lowest BCUT2D eigenvalue weighted by Crippen LogP contribution is -2.26. The van der Waals surface area contributed by atoms with E-state index in [-0.39, 0.29) is 5.91 Å².